The lowest BCUT2D eigenvalue weighted by atomic mass is 10.2. The second-order valence-corrected chi connectivity index (χ2v) is 3.97. The molecule has 4 heteroatoms. The second-order valence-electron chi connectivity index (χ2n) is 3.97. The van der Waals surface area contributed by atoms with E-state index in [1.165, 1.54) is 0 Å². The van der Waals surface area contributed by atoms with Crippen LogP contribution in [0, 0.1) is 11.3 Å². The van der Waals surface area contributed by atoms with Gasteiger partial charge in [-0.3, -0.25) is 9.69 Å². The summed E-state index contributed by atoms with van der Waals surface area (Å²) in [5, 5.41) is 8.63. The molecule has 0 aromatic heterocycles. The lowest BCUT2D eigenvalue weighted by Crippen LogP contribution is -2.41. The zero-order valence-electron chi connectivity index (χ0n) is 10.2. The highest BCUT2D eigenvalue weighted by Crippen LogP contribution is 2.04. The molecular weight excluding hydrogens is 190 g/mol. The lowest BCUT2D eigenvalue weighted by molar-refractivity contribution is -0.130. The van der Waals surface area contributed by atoms with Crippen molar-refractivity contribution < 1.29 is 4.79 Å². The summed E-state index contributed by atoms with van der Waals surface area (Å²) >= 11 is 0. The number of likely N-dealkylation sites (N-methyl/N-ethyl adjacent to an activating group) is 1. The fourth-order valence-corrected chi connectivity index (χ4v) is 1.32. The van der Waals surface area contributed by atoms with Crippen LogP contribution in [0.2, 0.25) is 0 Å². The predicted octanol–water partition coefficient (Wildman–Crippen LogP) is 1.09. The van der Waals surface area contributed by atoms with Crippen LogP contribution in [0.4, 0.5) is 0 Å². The molecule has 0 aliphatic heterocycles. The standard InChI is InChI=1S/C11H21N3O/c1-5-8-14(10(2)6-7-12)9-11(15)13(3)4/h10H,5-6,8-9H2,1-4H3. The number of hydrogen-bond acceptors (Lipinski definition) is 3. The number of rotatable bonds is 6. The van der Waals surface area contributed by atoms with Gasteiger partial charge in [-0.25, -0.2) is 0 Å². The summed E-state index contributed by atoms with van der Waals surface area (Å²) in [6.07, 6.45) is 1.47. The highest BCUT2D eigenvalue weighted by molar-refractivity contribution is 5.77. The SMILES string of the molecule is CCCN(CC(=O)N(C)C)C(C)CC#N. The van der Waals surface area contributed by atoms with Gasteiger partial charge in [0.2, 0.25) is 5.91 Å². The van der Waals surface area contributed by atoms with Crippen LogP contribution in [-0.2, 0) is 4.79 Å². The third kappa shape index (κ3) is 5.38. The van der Waals surface area contributed by atoms with Gasteiger partial charge < -0.3 is 4.90 Å². The van der Waals surface area contributed by atoms with E-state index in [0.717, 1.165) is 13.0 Å². The molecule has 1 atom stereocenters. The topological polar surface area (TPSA) is 47.3 Å². The first-order chi connectivity index (χ1) is 7.02. The number of carbonyl (C=O) groups excluding carboxylic acids is 1. The van der Waals surface area contributed by atoms with Crippen LogP contribution in [0.3, 0.4) is 0 Å². The number of nitriles is 1. The monoisotopic (exact) mass is 211 g/mol. The van der Waals surface area contributed by atoms with Crippen LogP contribution in [0.1, 0.15) is 26.7 Å². The lowest BCUT2D eigenvalue weighted by Gasteiger charge is -2.27. The molecule has 0 aliphatic rings. The molecule has 0 rings (SSSR count). The molecule has 86 valence electrons. The Morgan fingerprint density at radius 1 is 1.47 bits per heavy atom. The van der Waals surface area contributed by atoms with Crippen molar-refractivity contribution in [3.63, 3.8) is 0 Å². The molecule has 0 aromatic carbocycles. The van der Waals surface area contributed by atoms with Crippen molar-refractivity contribution in [1.82, 2.24) is 9.80 Å². The summed E-state index contributed by atoms with van der Waals surface area (Å²) < 4.78 is 0. The van der Waals surface area contributed by atoms with E-state index in [1.54, 1.807) is 19.0 Å². The maximum atomic E-state index is 11.5. The average Bonchev–Trinajstić information content (AvgIpc) is 2.17. The first-order valence-electron chi connectivity index (χ1n) is 5.34. The predicted molar refractivity (Wildman–Crippen MR) is 60.3 cm³/mol. The van der Waals surface area contributed by atoms with Crippen LogP contribution in [0.15, 0.2) is 0 Å². The average molecular weight is 211 g/mol. The Bertz CT molecular complexity index is 232. The largest absolute Gasteiger partial charge is 0.348 e. The summed E-state index contributed by atoms with van der Waals surface area (Å²) in [5.41, 5.74) is 0. The van der Waals surface area contributed by atoms with E-state index in [-0.39, 0.29) is 11.9 Å². The molecule has 0 bridgehead atoms. The van der Waals surface area contributed by atoms with Crippen molar-refractivity contribution in [2.45, 2.75) is 32.7 Å². The molecule has 4 nitrogen and oxygen atoms in total. The van der Waals surface area contributed by atoms with Gasteiger partial charge in [0.25, 0.3) is 0 Å². The summed E-state index contributed by atoms with van der Waals surface area (Å²) in [5.74, 6) is 0.0910. The molecule has 0 saturated heterocycles. The molecule has 0 heterocycles. The summed E-state index contributed by atoms with van der Waals surface area (Å²) in [4.78, 5) is 15.2. The fourth-order valence-electron chi connectivity index (χ4n) is 1.32. The van der Waals surface area contributed by atoms with Crippen molar-refractivity contribution in [3.8, 4) is 6.07 Å². The van der Waals surface area contributed by atoms with E-state index < -0.39 is 0 Å². The maximum absolute atomic E-state index is 11.5. The quantitative estimate of drug-likeness (QED) is 0.660. The Kier molecular flexibility index (Phi) is 6.72. The van der Waals surface area contributed by atoms with Gasteiger partial charge in [0, 0.05) is 20.1 Å². The van der Waals surface area contributed by atoms with E-state index in [1.807, 2.05) is 6.92 Å². The molecule has 0 radical (unpaired) electrons. The summed E-state index contributed by atoms with van der Waals surface area (Å²) in [7, 11) is 3.50. The Morgan fingerprint density at radius 3 is 2.47 bits per heavy atom. The van der Waals surface area contributed by atoms with Crippen molar-refractivity contribution in [2.24, 2.45) is 0 Å². The van der Waals surface area contributed by atoms with Crippen molar-refractivity contribution in [3.05, 3.63) is 0 Å². The Morgan fingerprint density at radius 2 is 2.07 bits per heavy atom. The highest BCUT2D eigenvalue weighted by atomic mass is 16.2. The molecule has 0 spiro atoms. The first-order valence-corrected chi connectivity index (χ1v) is 5.34. The minimum absolute atomic E-state index is 0.0910. The third-order valence-electron chi connectivity index (χ3n) is 2.36. The van der Waals surface area contributed by atoms with Gasteiger partial charge in [0.05, 0.1) is 19.0 Å². The summed E-state index contributed by atoms with van der Waals surface area (Å²) in [6, 6.07) is 2.29. The van der Waals surface area contributed by atoms with E-state index in [4.69, 9.17) is 5.26 Å². The summed E-state index contributed by atoms with van der Waals surface area (Å²) in [6.45, 7) is 5.33. The number of hydrogen-bond donors (Lipinski definition) is 0. The first kappa shape index (κ1) is 13.9. The Hall–Kier alpha value is -1.08. The van der Waals surface area contributed by atoms with Gasteiger partial charge in [-0.1, -0.05) is 6.92 Å². The number of nitrogens with zero attached hydrogens (tertiary/aromatic N) is 3. The van der Waals surface area contributed by atoms with E-state index in [9.17, 15) is 4.79 Å². The van der Waals surface area contributed by atoms with Crippen LogP contribution >= 0.6 is 0 Å². The molecule has 1 amide bonds. The van der Waals surface area contributed by atoms with Crippen LogP contribution in [-0.4, -0.2) is 48.9 Å². The third-order valence-corrected chi connectivity index (χ3v) is 2.36. The normalized spacial score (nSPS) is 12.3. The van der Waals surface area contributed by atoms with Gasteiger partial charge >= 0.3 is 0 Å². The highest BCUT2D eigenvalue weighted by Gasteiger charge is 2.16. The van der Waals surface area contributed by atoms with E-state index >= 15 is 0 Å². The molecule has 15 heavy (non-hydrogen) atoms. The zero-order chi connectivity index (χ0) is 11.8. The molecule has 0 aliphatic carbocycles. The Labute approximate surface area is 92.5 Å². The van der Waals surface area contributed by atoms with Gasteiger partial charge in [-0.2, -0.15) is 5.26 Å². The smallest absolute Gasteiger partial charge is 0.236 e. The van der Waals surface area contributed by atoms with Gasteiger partial charge in [-0.15, -0.1) is 0 Å². The van der Waals surface area contributed by atoms with Gasteiger partial charge in [-0.05, 0) is 19.9 Å². The van der Waals surface area contributed by atoms with Crippen LogP contribution in [0.5, 0.6) is 0 Å². The maximum Gasteiger partial charge on any atom is 0.236 e. The van der Waals surface area contributed by atoms with Crippen molar-refractivity contribution in [1.29, 1.82) is 5.26 Å². The minimum Gasteiger partial charge on any atom is -0.348 e. The van der Waals surface area contributed by atoms with Crippen LogP contribution in [0.25, 0.3) is 0 Å². The number of amides is 1. The molecule has 0 aromatic rings. The van der Waals surface area contributed by atoms with Crippen molar-refractivity contribution in [2.75, 3.05) is 27.2 Å². The zero-order valence-corrected chi connectivity index (χ0v) is 10.2. The van der Waals surface area contributed by atoms with E-state index in [2.05, 4.69) is 17.9 Å². The fraction of sp³-hybridized carbons (Fsp3) is 0.818. The van der Waals surface area contributed by atoms with Crippen LogP contribution < -0.4 is 0 Å². The molecule has 0 N–H and O–H groups in total. The minimum atomic E-state index is 0.0910. The van der Waals surface area contributed by atoms with Crippen molar-refractivity contribution >= 4 is 5.91 Å². The molecule has 0 saturated carbocycles. The molecule has 1 unspecified atom stereocenters. The van der Waals surface area contributed by atoms with Gasteiger partial charge in [0.15, 0.2) is 0 Å². The number of carbonyl (C=O) groups is 1. The van der Waals surface area contributed by atoms with E-state index in [0.29, 0.717) is 13.0 Å². The Balaban J connectivity index is 4.27. The molecule has 0 fully saturated rings. The molecular formula is C11H21N3O. The van der Waals surface area contributed by atoms with Gasteiger partial charge in [0.1, 0.15) is 0 Å². The second kappa shape index (κ2) is 7.24.